The third-order valence-corrected chi connectivity index (χ3v) is 4.79. The van der Waals surface area contributed by atoms with E-state index in [9.17, 15) is 4.79 Å². The van der Waals surface area contributed by atoms with Gasteiger partial charge in [0.05, 0.1) is 30.6 Å². The molecule has 0 radical (unpaired) electrons. The second-order valence-corrected chi connectivity index (χ2v) is 7.00. The van der Waals surface area contributed by atoms with Crippen molar-refractivity contribution in [3.8, 4) is 0 Å². The SMILES string of the molecule is CC(C)c1nc([C@H]2COCCN2C(=O)CCn2cnc3ccccc32)no1. The van der Waals surface area contributed by atoms with Crippen molar-refractivity contribution in [3.05, 3.63) is 42.3 Å². The maximum atomic E-state index is 12.9. The van der Waals surface area contributed by atoms with E-state index in [4.69, 9.17) is 9.26 Å². The molecule has 1 fully saturated rings. The molecule has 2 aromatic heterocycles. The Bertz CT molecular complexity index is 932. The maximum Gasteiger partial charge on any atom is 0.229 e. The largest absolute Gasteiger partial charge is 0.377 e. The molecule has 8 nitrogen and oxygen atoms in total. The summed E-state index contributed by atoms with van der Waals surface area (Å²) in [6, 6.07) is 7.61. The fraction of sp³-hybridized carbons (Fsp3) is 0.474. The van der Waals surface area contributed by atoms with Crippen molar-refractivity contribution < 1.29 is 14.1 Å². The van der Waals surface area contributed by atoms with Crippen LogP contribution in [0.1, 0.15) is 43.9 Å². The van der Waals surface area contributed by atoms with Crippen LogP contribution in [0.2, 0.25) is 0 Å². The molecule has 8 heteroatoms. The number of rotatable bonds is 5. The minimum absolute atomic E-state index is 0.0528. The zero-order valence-electron chi connectivity index (χ0n) is 15.5. The number of ether oxygens (including phenoxy) is 1. The highest BCUT2D eigenvalue weighted by atomic mass is 16.5. The molecule has 4 rings (SSSR count). The Balaban J connectivity index is 1.47. The third kappa shape index (κ3) is 3.57. The van der Waals surface area contributed by atoms with Crippen LogP contribution in [-0.4, -0.2) is 50.3 Å². The van der Waals surface area contributed by atoms with E-state index in [0.717, 1.165) is 11.0 Å². The van der Waals surface area contributed by atoms with E-state index in [1.54, 1.807) is 11.2 Å². The van der Waals surface area contributed by atoms with E-state index in [-0.39, 0.29) is 17.9 Å². The van der Waals surface area contributed by atoms with Crippen LogP contribution >= 0.6 is 0 Å². The predicted molar refractivity (Wildman–Crippen MR) is 98.0 cm³/mol. The number of carbonyl (C=O) groups excluding carboxylic acids is 1. The number of aromatic nitrogens is 4. The molecule has 0 N–H and O–H groups in total. The summed E-state index contributed by atoms with van der Waals surface area (Å²) >= 11 is 0. The van der Waals surface area contributed by atoms with Crippen molar-refractivity contribution in [2.24, 2.45) is 0 Å². The summed E-state index contributed by atoms with van der Waals surface area (Å²) in [6.07, 6.45) is 2.16. The average molecular weight is 369 g/mol. The van der Waals surface area contributed by atoms with Gasteiger partial charge in [-0.25, -0.2) is 4.98 Å². The molecule has 0 unspecified atom stereocenters. The number of morpholine rings is 1. The molecule has 3 heterocycles. The molecule has 142 valence electrons. The number of hydrogen-bond acceptors (Lipinski definition) is 6. The van der Waals surface area contributed by atoms with Gasteiger partial charge in [0, 0.05) is 25.4 Å². The average Bonchev–Trinajstić information content (AvgIpc) is 3.34. The van der Waals surface area contributed by atoms with Crippen LogP contribution in [0.5, 0.6) is 0 Å². The van der Waals surface area contributed by atoms with E-state index >= 15 is 0 Å². The Kier molecular flexibility index (Phi) is 4.89. The zero-order valence-corrected chi connectivity index (χ0v) is 15.5. The van der Waals surface area contributed by atoms with Crippen molar-refractivity contribution in [3.63, 3.8) is 0 Å². The number of nitrogens with zero attached hydrogens (tertiary/aromatic N) is 5. The predicted octanol–water partition coefficient (Wildman–Crippen LogP) is 2.53. The minimum Gasteiger partial charge on any atom is -0.377 e. The second-order valence-electron chi connectivity index (χ2n) is 7.00. The van der Waals surface area contributed by atoms with E-state index in [1.165, 1.54) is 0 Å². The van der Waals surface area contributed by atoms with Gasteiger partial charge in [0.2, 0.25) is 11.8 Å². The molecule has 1 saturated heterocycles. The van der Waals surface area contributed by atoms with Crippen molar-refractivity contribution in [1.82, 2.24) is 24.6 Å². The Labute approximate surface area is 157 Å². The highest BCUT2D eigenvalue weighted by Crippen LogP contribution is 2.24. The molecule has 3 aromatic rings. The van der Waals surface area contributed by atoms with Gasteiger partial charge < -0.3 is 18.7 Å². The smallest absolute Gasteiger partial charge is 0.229 e. The molecule has 1 atom stereocenters. The number of hydrogen-bond donors (Lipinski definition) is 0. The number of para-hydroxylation sites is 2. The second kappa shape index (κ2) is 7.48. The fourth-order valence-electron chi connectivity index (χ4n) is 3.28. The Morgan fingerprint density at radius 3 is 3.00 bits per heavy atom. The van der Waals surface area contributed by atoms with E-state index < -0.39 is 0 Å². The molecule has 0 aliphatic carbocycles. The van der Waals surface area contributed by atoms with Crippen LogP contribution in [-0.2, 0) is 16.1 Å². The first-order valence-corrected chi connectivity index (χ1v) is 9.24. The summed E-state index contributed by atoms with van der Waals surface area (Å²) in [4.78, 5) is 23.5. The Morgan fingerprint density at radius 1 is 1.33 bits per heavy atom. The van der Waals surface area contributed by atoms with Gasteiger partial charge in [-0.3, -0.25) is 4.79 Å². The molecule has 1 aliphatic rings. The third-order valence-electron chi connectivity index (χ3n) is 4.79. The Hall–Kier alpha value is -2.74. The van der Waals surface area contributed by atoms with Crippen LogP contribution in [0, 0.1) is 0 Å². The van der Waals surface area contributed by atoms with Gasteiger partial charge in [-0.15, -0.1) is 0 Å². The quantitative estimate of drug-likeness (QED) is 0.687. The molecule has 0 spiro atoms. The normalized spacial score (nSPS) is 17.7. The Morgan fingerprint density at radius 2 is 2.19 bits per heavy atom. The van der Waals surface area contributed by atoms with Gasteiger partial charge in [0.1, 0.15) is 6.04 Å². The van der Waals surface area contributed by atoms with E-state index in [0.29, 0.717) is 44.4 Å². The van der Waals surface area contributed by atoms with E-state index in [2.05, 4.69) is 15.1 Å². The summed E-state index contributed by atoms with van der Waals surface area (Å²) in [5, 5.41) is 4.07. The number of imidazole rings is 1. The van der Waals surface area contributed by atoms with Gasteiger partial charge in [-0.05, 0) is 12.1 Å². The molecule has 0 bridgehead atoms. The summed E-state index contributed by atoms with van der Waals surface area (Å²) < 4.78 is 12.9. The zero-order chi connectivity index (χ0) is 18.8. The van der Waals surface area contributed by atoms with Crippen LogP contribution in [0.15, 0.2) is 35.1 Å². The molecule has 1 aromatic carbocycles. The molecular formula is C19H23N5O3. The summed E-state index contributed by atoms with van der Waals surface area (Å²) in [7, 11) is 0. The molecule has 1 aliphatic heterocycles. The molecule has 1 amide bonds. The minimum atomic E-state index is -0.304. The lowest BCUT2D eigenvalue weighted by Gasteiger charge is -2.33. The highest BCUT2D eigenvalue weighted by Gasteiger charge is 2.32. The molecular weight excluding hydrogens is 346 g/mol. The number of carbonyl (C=O) groups is 1. The van der Waals surface area contributed by atoms with Gasteiger partial charge in [0.15, 0.2) is 5.82 Å². The summed E-state index contributed by atoms with van der Waals surface area (Å²) in [6.45, 7) is 5.99. The lowest BCUT2D eigenvalue weighted by atomic mass is 10.2. The van der Waals surface area contributed by atoms with Crippen molar-refractivity contribution >= 4 is 16.9 Å². The summed E-state index contributed by atoms with van der Waals surface area (Å²) in [5.74, 6) is 1.29. The first-order valence-electron chi connectivity index (χ1n) is 9.24. The number of benzene rings is 1. The van der Waals surface area contributed by atoms with Gasteiger partial charge >= 0.3 is 0 Å². The number of aryl methyl sites for hydroxylation is 1. The van der Waals surface area contributed by atoms with Gasteiger partial charge in [-0.2, -0.15) is 4.98 Å². The van der Waals surface area contributed by atoms with Gasteiger partial charge in [0.25, 0.3) is 0 Å². The van der Waals surface area contributed by atoms with Crippen LogP contribution in [0.4, 0.5) is 0 Å². The molecule has 27 heavy (non-hydrogen) atoms. The van der Waals surface area contributed by atoms with Crippen LogP contribution < -0.4 is 0 Å². The van der Waals surface area contributed by atoms with Crippen molar-refractivity contribution in [2.45, 2.75) is 38.8 Å². The number of amides is 1. The monoisotopic (exact) mass is 369 g/mol. The van der Waals surface area contributed by atoms with Crippen LogP contribution in [0.25, 0.3) is 11.0 Å². The lowest BCUT2D eigenvalue weighted by molar-refractivity contribution is -0.140. The standard InChI is InChI=1S/C19H23N5O3/c1-13(2)19-21-18(22-27-19)16-11-26-10-9-24(16)17(25)7-8-23-12-20-14-5-3-4-6-15(14)23/h3-6,12-13,16H,7-11H2,1-2H3/t16-/m1/s1. The first kappa shape index (κ1) is 17.7. The maximum absolute atomic E-state index is 12.9. The summed E-state index contributed by atoms with van der Waals surface area (Å²) in [5.41, 5.74) is 1.96. The van der Waals surface area contributed by atoms with Crippen LogP contribution in [0.3, 0.4) is 0 Å². The lowest BCUT2D eigenvalue weighted by Crippen LogP contribution is -2.44. The van der Waals surface area contributed by atoms with Gasteiger partial charge in [-0.1, -0.05) is 31.1 Å². The number of fused-ring (bicyclic) bond motifs is 1. The topological polar surface area (TPSA) is 86.3 Å². The first-order chi connectivity index (χ1) is 13.1. The fourth-order valence-corrected chi connectivity index (χ4v) is 3.28. The van der Waals surface area contributed by atoms with Crippen molar-refractivity contribution in [1.29, 1.82) is 0 Å². The highest BCUT2D eigenvalue weighted by molar-refractivity contribution is 5.78. The van der Waals surface area contributed by atoms with Crippen molar-refractivity contribution in [2.75, 3.05) is 19.8 Å². The van der Waals surface area contributed by atoms with E-state index in [1.807, 2.05) is 42.7 Å². The molecule has 0 saturated carbocycles.